The van der Waals surface area contributed by atoms with Crippen LogP contribution in [0.25, 0.3) is 10.9 Å². The summed E-state index contributed by atoms with van der Waals surface area (Å²) in [4.78, 5) is 18.4. The molecule has 118 valence electrons. The molecule has 0 aromatic carbocycles. The summed E-state index contributed by atoms with van der Waals surface area (Å²) >= 11 is 0. The fraction of sp³-hybridized carbons (Fsp3) is 0.385. The maximum atomic E-state index is 11.9. The van der Waals surface area contributed by atoms with Crippen LogP contribution in [0.4, 0.5) is 5.69 Å². The lowest BCUT2D eigenvalue weighted by molar-refractivity contribution is 0.264. The van der Waals surface area contributed by atoms with E-state index in [4.69, 9.17) is 0 Å². The summed E-state index contributed by atoms with van der Waals surface area (Å²) in [7, 11) is -0.353. The fourth-order valence-electron chi connectivity index (χ4n) is 2.39. The molecule has 0 atom stereocenters. The molecule has 1 aliphatic heterocycles. The van der Waals surface area contributed by atoms with Crippen LogP contribution in [-0.2, 0) is 10.2 Å². The van der Waals surface area contributed by atoms with Crippen molar-refractivity contribution in [3.63, 3.8) is 0 Å². The summed E-state index contributed by atoms with van der Waals surface area (Å²) in [5.74, 6) is 0. The number of fused-ring (bicyclic) bond motifs is 1. The van der Waals surface area contributed by atoms with Gasteiger partial charge in [-0.2, -0.15) is 17.0 Å². The highest BCUT2D eigenvalue weighted by molar-refractivity contribution is 7.86. The zero-order valence-electron chi connectivity index (χ0n) is 12.3. The third kappa shape index (κ3) is 2.58. The third-order valence-corrected chi connectivity index (χ3v) is 5.51. The topological polar surface area (TPSA) is 98.4 Å². The Morgan fingerprint density at radius 2 is 2.14 bits per heavy atom. The van der Waals surface area contributed by atoms with Gasteiger partial charge >= 0.3 is 0 Å². The Hall–Kier alpha value is -1.97. The second-order valence-electron chi connectivity index (χ2n) is 5.42. The Bertz CT molecular complexity index is 855. The van der Waals surface area contributed by atoms with E-state index in [1.54, 1.807) is 18.5 Å². The van der Waals surface area contributed by atoms with Crippen molar-refractivity contribution < 1.29 is 8.42 Å². The number of aromatic amines is 1. The van der Waals surface area contributed by atoms with Gasteiger partial charge < -0.3 is 10.3 Å². The number of hydrogen-bond acceptors (Lipinski definition) is 5. The highest BCUT2D eigenvalue weighted by Gasteiger charge is 2.37. The van der Waals surface area contributed by atoms with Crippen molar-refractivity contribution in [2.24, 2.45) is 0 Å². The molecule has 1 aliphatic rings. The zero-order valence-corrected chi connectivity index (χ0v) is 13.1. The first kappa shape index (κ1) is 14.9. The van der Waals surface area contributed by atoms with Crippen LogP contribution >= 0.6 is 0 Å². The second-order valence-corrected chi connectivity index (χ2v) is 7.56. The molecule has 0 aliphatic carbocycles. The predicted molar refractivity (Wildman–Crippen MR) is 84.0 cm³/mol. The van der Waals surface area contributed by atoms with Gasteiger partial charge in [0.1, 0.15) is 0 Å². The first-order valence-electron chi connectivity index (χ1n) is 6.79. The molecule has 9 heteroatoms. The Kier molecular flexibility index (Phi) is 3.63. The van der Waals surface area contributed by atoms with Gasteiger partial charge in [-0.05, 0) is 6.07 Å². The lowest BCUT2D eigenvalue weighted by Gasteiger charge is -2.40. The van der Waals surface area contributed by atoms with Crippen molar-refractivity contribution in [3.8, 4) is 0 Å². The first-order valence-corrected chi connectivity index (χ1v) is 8.19. The summed E-state index contributed by atoms with van der Waals surface area (Å²) in [5, 5.41) is 4.08. The van der Waals surface area contributed by atoms with Crippen LogP contribution in [0.1, 0.15) is 0 Å². The Morgan fingerprint density at radius 3 is 2.82 bits per heavy atom. The number of anilines is 1. The average molecular weight is 323 g/mol. The van der Waals surface area contributed by atoms with E-state index in [1.807, 2.05) is 0 Å². The molecule has 0 bridgehead atoms. The number of aromatic nitrogens is 2. The highest BCUT2D eigenvalue weighted by Crippen LogP contribution is 2.23. The number of pyridine rings is 2. The molecular weight excluding hydrogens is 306 g/mol. The van der Waals surface area contributed by atoms with E-state index in [0.717, 1.165) is 5.39 Å². The molecule has 0 saturated carbocycles. The molecule has 0 radical (unpaired) electrons. The molecule has 2 N–H and O–H groups in total. The van der Waals surface area contributed by atoms with Gasteiger partial charge in [0, 0.05) is 50.5 Å². The summed E-state index contributed by atoms with van der Waals surface area (Å²) in [6.45, 7) is 0.750. The zero-order chi connectivity index (χ0) is 15.9. The van der Waals surface area contributed by atoms with Gasteiger partial charge in [0.05, 0.1) is 17.8 Å². The summed E-state index contributed by atoms with van der Waals surface area (Å²) in [6, 6.07) is 3.26. The number of hydrogen-bond donors (Lipinski definition) is 2. The van der Waals surface area contributed by atoms with Crippen LogP contribution in [0.5, 0.6) is 0 Å². The smallest absolute Gasteiger partial charge is 0.281 e. The number of H-pyrrole nitrogens is 1. The van der Waals surface area contributed by atoms with Gasteiger partial charge in [-0.25, -0.2) is 0 Å². The summed E-state index contributed by atoms with van der Waals surface area (Å²) in [6.07, 6.45) is 3.24. The van der Waals surface area contributed by atoms with Crippen molar-refractivity contribution in [2.75, 3.05) is 32.5 Å². The minimum Gasteiger partial charge on any atom is -0.379 e. The van der Waals surface area contributed by atoms with Crippen molar-refractivity contribution in [3.05, 3.63) is 34.9 Å². The second kappa shape index (κ2) is 5.34. The molecule has 2 aromatic heterocycles. The van der Waals surface area contributed by atoms with Gasteiger partial charge in [-0.3, -0.25) is 9.78 Å². The normalized spacial score (nSPS) is 16.9. The van der Waals surface area contributed by atoms with E-state index in [-0.39, 0.29) is 11.6 Å². The van der Waals surface area contributed by atoms with Crippen LogP contribution in [0.15, 0.2) is 29.3 Å². The molecule has 0 spiro atoms. The number of rotatable bonds is 4. The predicted octanol–water partition coefficient (Wildman–Crippen LogP) is -0.174. The largest absolute Gasteiger partial charge is 0.379 e. The van der Waals surface area contributed by atoms with Crippen LogP contribution < -0.4 is 10.9 Å². The quantitative estimate of drug-likeness (QED) is 0.814. The van der Waals surface area contributed by atoms with Gasteiger partial charge in [-0.15, -0.1) is 0 Å². The van der Waals surface area contributed by atoms with E-state index in [1.165, 1.54) is 28.8 Å². The molecule has 8 nitrogen and oxygen atoms in total. The van der Waals surface area contributed by atoms with E-state index in [0.29, 0.717) is 24.3 Å². The number of nitrogens with one attached hydrogen (secondary N) is 2. The molecule has 1 fully saturated rings. The van der Waals surface area contributed by atoms with Gasteiger partial charge in [0.25, 0.3) is 15.8 Å². The third-order valence-electron chi connectivity index (χ3n) is 3.64. The maximum Gasteiger partial charge on any atom is 0.281 e. The SMILES string of the molecule is CN(C)S(=O)(=O)N1CC(Nc2cc(=O)[nH]c3cnccc23)C1. The molecule has 1 saturated heterocycles. The highest BCUT2D eigenvalue weighted by atomic mass is 32.2. The van der Waals surface area contributed by atoms with Crippen molar-refractivity contribution in [1.82, 2.24) is 18.6 Å². The Labute approximate surface area is 127 Å². The van der Waals surface area contributed by atoms with E-state index in [2.05, 4.69) is 15.3 Å². The maximum absolute atomic E-state index is 11.9. The van der Waals surface area contributed by atoms with Crippen LogP contribution in [-0.4, -0.2) is 60.2 Å². The summed E-state index contributed by atoms with van der Waals surface area (Å²) in [5.41, 5.74) is 1.11. The van der Waals surface area contributed by atoms with Crippen LogP contribution in [0, 0.1) is 0 Å². The van der Waals surface area contributed by atoms with Crippen molar-refractivity contribution in [1.29, 1.82) is 0 Å². The first-order chi connectivity index (χ1) is 10.4. The Morgan fingerprint density at radius 1 is 1.41 bits per heavy atom. The minimum atomic E-state index is -3.37. The molecule has 2 aromatic rings. The fourth-order valence-corrected chi connectivity index (χ4v) is 3.59. The van der Waals surface area contributed by atoms with E-state index < -0.39 is 10.2 Å². The van der Waals surface area contributed by atoms with Gasteiger partial charge in [0.2, 0.25) is 0 Å². The van der Waals surface area contributed by atoms with E-state index in [9.17, 15) is 13.2 Å². The average Bonchev–Trinajstić information content (AvgIpc) is 2.41. The lowest BCUT2D eigenvalue weighted by Crippen LogP contribution is -2.59. The van der Waals surface area contributed by atoms with Gasteiger partial charge in [-0.1, -0.05) is 0 Å². The monoisotopic (exact) mass is 323 g/mol. The summed E-state index contributed by atoms with van der Waals surface area (Å²) < 4.78 is 26.5. The van der Waals surface area contributed by atoms with Crippen molar-refractivity contribution in [2.45, 2.75) is 6.04 Å². The van der Waals surface area contributed by atoms with E-state index >= 15 is 0 Å². The number of nitrogens with zero attached hydrogens (tertiary/aromatic N) is 3. The Balaban J connectivity index is 1.78. The van der Waals surface area contributed by atoms with Crippen LogP contribution in [0.3, 0.4) is 0 Å². The molecule has 0 unspecified atom stereocenters. The standard InChI is InChI=1S/C13H17N5O3S/c1-17(2)22(20,21)18-7-9(8-18)15-11-5-13(19)16-12-6-14-4-3-10(11)12/h3-6,9H,7-8H2,1-2H3,(H2,15,16,19). The molecule has 3 heterocycles. The van der Waals surface area contributed by atoms with Crippen LogP contribution in [0.2, 0.25) is 0 Å². The molecule has 3 rings (SSSR count). The molecule has 0 amide bonds. The molecule has 22 heavy (non-hydrogen) atoms. The van der Waals surface area contributed by atoms with Crippen molar-refractivity contribution >= 4 is 26.8 Å². The van der Waals surface area contributed by atoms with Gasteiger partial charge in [0.15, 0.2) is 0 Å². The minimum absolute atomic E-state index is 0.0205. The lowest BCUT2D eigenvalue weighted by atomic mass is 10.1. The molecular formula is C13H17N5O3S.